The van der Waals surface area contributed by atoms with Crippen LogP contribution in [0.3, 0.4) is 0 Å². The van der Waals surface area contributed by atoms with Gasteiger partial charge in [0.05, 0.1) is 0 Å². The Hall–Kier alpha value is -6.08. The molecule has 0 N–H and O–H groups in total. The van der Waals surface area contributed by atoms with Crippen molar-refractivity contribution in [2.24, 2.45) is 0 Å². The van der Waals surface area contributed by atoms with E-state index in [1.54, 1.807) is 0 Å². The van der Waals surface area contributed by atoms with E-state index in [9.17, 15) is 0 Å². The maximum Gasteiger partial charge on any atom is 1.00 e. The van der Waals surface area contributed by atoms with E-state index in [1.165, 1.54) is 64.1 Å². The molecule has 0 aliphatic heterocycles. The molecule has 322 valence electrons. The van der Waals surface area contributed by atoms with E-state index in [0.29, 0.717) is 0 Å². The summed E-state index contributed by atoms with van der Waals surface area (Å²) in [5.41, 5.74) is 1.64. The molecular weight excluding hydrogens is 1020 g/mol. The van der Waals surface area contributed by atoms with Gasteiger partial charge in [-0.1, -0.05) is 170 Å². The van der Waals surface area contributed by atoms with E-state index in [2.05, 4.69) is 230 Å². The van der Waals surface area contributed by atoms with Crippen molar-refractivity contribution >= 4 is 90.8 Å². The van der Waals surface area contributed by atoms with Crippen LogP contribution in [0.25, 0.3) is 43.1 Å². The second-order valence-electron chi connectivity index (χ2n) is 15.5. The molecule has 0 aromatic heterocycles. The van der Waals surface area contributed by atoms with Crippen molar-refractivity contribution in [2.75, 3.05) is 0 Å². The molecule has 0 unspecified atom stereocenters. The number of benzene rings is 11. The Bertz CT molecular complexity index is 3110. The maximum atomic E-state index is 7.13. The summed E-state index contributed by atoms with van der Waals surface area (Å²) in [6, 6.07) is 90.5. The number of hydrogen-bond donors (Lipinski definition) is 0. The van der Waals surface area contributed by atoms with Crippen LogP contribution in [0.1, 0.15) is 11.1 Å². The molecule has 0 saturated carbocycles. The molecule has 0 heterocycles. The minimum absolute atomic E-state index is 0. The van der Waals surface area contributed by atoms with Gasteiger partial charge >= 0.3 is 44.8 Å². The average Bonchev–Trinajstić information content (AvgIpc) is 3.38. The molecule has 0 atom stereocenters. The minimum atomic E-state index is -1.14. The molecule has 66 heavy (non-hydrogen) atoms. The SMILES string of the molecule is [Ag+].[Ag+].[C-]#Cc1ccc2c(ccc3ccccc32)c1.[C-]#Cc1ccc2c(ccc3ccccc32)c1.c1ccc([PH+](c2ccccc2)c2ccccc2[PH+](c2ccccc2)c2ccccc2)cc1. The van der Waals surface area contributed by atoms with Crippen molar-refractivity contribution in [3.63, 3.8) is 0 Å². The van der Waals surface area contributed by atoms with Crippen LogP contribution in [0.15, 0.2) is 255 Å². The standard InChI is InChI=1S/C30H24P2.2C16H9.2Ag/c1-5-15-25(16-6-1)31(26-17-7-2-8-18-26)29-23-13-14-24-30(29)32(27-19-9-3-10-20-27)28-21-11-4-12-22-28;2*1-2-12-7-10-16-14(11-12)9-8-13-5-3-4-6-15(13)16;;/h1-24H;2*3-11H;;/q;2*-1;2*+1/p+2. The first-order valence-electron chi connectivity index (χ1n) is 21.4. The van der Waals surface area contributed by atoms with Crippen molar-refractivity contribution in [3.8, 4) is 11.8 Å². The molecule has 4 heteroatoms. The van der Waals surface area contributed by atoms with Gasteiger partial charge in [0.1, 0.15) is 47.7 Å². The quantitative estimate of drug-likeness (QED) is 0.0512. The van der Waals surface area contributed by atoms with Gasteiger partial charge in [0.15, 0.2) is 0 Å². The Kier molecular flexibility index (Phi) is 17.0. The van der Waals surface area contributed by atoms with Gasteiger partial charge < -0.3 is 12.8 Å². The molecule has 0 bridgehead atoms. The zero-order valence-electron chi connectivity index (χ0n) is 35.9. The minimum Gasteiger partial charge on any atom is -0.366 e. The first kappa shape index (κ1) is 47.9. The summed E-state index contributed by atoms with van der Waals surface area (Å²) < 4.78 is 0. The Balaban J connectivity index is 0.000000160. The van der Waals surface area contributed by atoms with Crippen LogP contribution in [0.4, 0.5) is 0 Å². The zero-order chi connectivity index (χ0) is 43.5. The summed E-state index contributed by atoms with van der Waals surface area (Å²) >= 11 is 0. The topological polar surface area (TPSA) is 0 Å². The summed E-state index contributed by atoms with van der Waals surface area (Å²) in [4.78, 5) is 0. The predicted octanol–water partition coefficient (Wildman–Crippen LogP) is 12.5. The molecule has 0 aliphatic carbocycles. The van der Waals surface area contributed by atoms with Crippen LogP contribution < -0.4 is 31.8 Å². The van der Waals surface area contributed by atoms with Gasteiger partial charge in [-0.15, -0.1) is 35.4 Å². The Labute approximate surface area is 422 Å². The third-order valence-electron chi connectivity index (χ3n) is 11.5. The van der Waals surface area contributed by atoms with E-state index in [4.69, 9.17) is 12.8 Å². The van der Waals surface area contributed by atoms with Crippen LogP contribution in [-0.4, -0.2) is 0 Å². The molecule has 0 aliphatic rings. The monoisotopic (exact) mass is 1060 g/mol. The first-order valence-corrected chi connectivity index (χ1v) is 24.4. The van der Waals surface area contributed by atoms with Crippen LogP contribution in [0.2, 0.25) is 0 Å². The van der Waals surface area contributed by atoms with Gasteiger partial charge in [0.2, 0.25) is 0 Å². The summed E-state index contributed by atoms with van der Waals surface area (Å²) in [5, 5.41) is 18.5. The van der Waals surface area contributed by atoms with Gasteiger partial charge in [-0.2, -0.15) is 0 Å². The second-order valence-corrected chi connectivity index (χ2v) is 20.3. The number of hydrogen-bond acceptors (Lipinski definition) is 0. The fraction of sp³-hybridized carbons (Fsp3) is 0. The number of rotatable bonds is 6. The van der Waals surface area contributed by atoms with Crippen molar-refractivity contribution in [1.82, 2.24) is 0 Å². The van der Waals surface area contributed by atoms with E-state index >= 15 is 0 Å². The smallest absolute Gasteiger partial charge is 0.366 e. The van der Waals surface area contributed by atoms with Crippen LogP contribution in [0, 0.1) is 24.7 Å². The van der Waals surface area contributed by atoms with E-state index in [0.717, 1.165) is 21.9 Å². The molecular formula is C62H44Ag2P2+2. The average molecular weight is 1070 g/mol. The van der Waals surface area contributed by atoms with Crippen molar-refractivity contribution in [2.45, 2.75) is 0 Å². The molecule has 0 saturated heterocycles. The fourth-order valence-electron chi connectivity index (χ4n) is 8.48. The number of fused-ring (bicyclic) bond motifs is 6. The van der Waals surface area contributed by atoms with E-state index in [1.807, 2.05) is 36.4 Å². The summed E-state index contributed by atoms with van der Waals surface area (Å²) in [5.74, 6) is 4.83. The van der Waals surface area contributed by atoms with Crippen molar-refractivity contribution in [3.05, 3.63) is 279 Å². The van der Waals surface area contributed by atoms with Gasteiger partial charge in [0.25, 0.3) is 0 Å². The van der Waals surface area contributed by atoms with Crippen molar-refractivity contribution < 1.29 is 44.8 Å². The van der Waals surface area contributed by atoms with E-state index in [-0.39, 0.29) is 44.8 Å². The van der Waals surface area contributed by atoms with Gasteiger partial charge in [-0.25, -0.2) is 0 Å². The van der Waals surface area contributed by atoms with Crippen LogP contribution >= 0.6 is 15.8 Å². The Morgan fingerprint density at radius 1 is 0.258 bits per heavy atom. The third kappa shape index (κ3) is 10.9. The molecule has 11 aromatic carbocycles. The molecule has 0 radical (unpaired) electrons. The first-order chi connectivity index (χ1) is 31.7. The second kappa shape index (κ2) is 23.4. The molecule has 11 aromatic rings. The third-order valence-corrected chi connectivity index (χ3v) is 17.3. The predicted molar refractivity (Wildman–Crippen MR) is 282 cm³/mol. The maximum absolute atomic E-state index is 7.13. The Morgan fingerprint density at radius 3 is 0.864 bits per heavy atom. The van der Waals surface area contributed by atoms with E-state index < -0.39 is 15.8 Å². The van der Waals surface area contributed by atoms with Gasteiger partial charge in [0, 0.05) is 0 Å². The largest absolute Gasteiger partial charge is 1.00 e. The van der Waals surface area contributed by atoms with Crippen LogP contribution in [0.5, 0.6) is 0 Å². The molecule has 11 rings (SSSR count). The summed E-state index contributed by atoms with van der Waals surface area (Å²) in [6.45, 7) is 0. The van der Waals surface area contributed by atoms with Gasteiger partial charge in [-0.05, 0) is 104 Å². The molecule has 0 nitrogen and oxygen atoms in total. The molecule has 0 amide bonds. The molecule has 0 fully saturated rings. The summed E-state index contributed by atoms with van der Waals surface area (Å²) in [7, 11) is -2.28. The summed E-state index contributed by atoms with van der Waals surface area (Å²) in [6.07, 6.45) is 14.3. The fourth-order valence-corrected chi connectivity index (χ4v) is 14.5. The zero-order valence-corrected chi connectivity index (χ0v) is 40.8. The van der Waals surface area contributed by atoms with Crippen molar-refractivity contribution in [1.29, 1.82) is 0 Å². The normalized spacial score (nSPS) is 10.4. The molecule has 0 spiro atoms. The van der Waals surface area contributed by atoms with Crippen LogP contribution in [-0.2, 0) is 44.8 Å². The Morgan fingerprint density at radius 2 is 0.530 bits per heavy atom. The van der Waals surface area contributed by atoms with Gasteiger partial charge in [-0.3, -0.25) is 11.8 Å².